The predicted octanol–water partition coefficient (Wildman–Crippen LogP) is 8.16. The molecule has 0 atom stereocenters. The first kappa shape index (κ1) is 31.0. The molecule has 0 aliphatic carbocycles. The Morgan fingerprint density at radius 3 is 2.32 bits per heavy atom. The van der Waals surface area contributed by atoms with Gasteiger partial charge in [0.2, 0.25) is 0 Å². The molecule has 1 heterocycles. The molecule has 4 rings (SSSR count). The summed E-state index contributed by atoms with van der Waals surface area (Å²) in [6.07, 6.45) is 2.39. The van der Waals surface area contributed by atoms with Gasteiger partial charge in [0.15, 0.2) is 0 Å². The molecule has 0 radical (unpaired) electrons. The molecule has 208 valence electrons. The second-order valence-corrected chi connectivity index (χ2v) is 16.0. The number of hydrogen-bond acceptors (Lipinski definition) is 4. The predicted molar refractivity (Wildman–Crippen MR) is 166 cm³/mol. The molecule has 0 aromatic heterocycles. The van der Waals surface area contributed by atoms with E-state index in [0.717, 1.165) is 30.1 Å². The van der Waals surface area contributed by atoms with Gasteiger partial charge in [0.05, 0.1) is 0 Å². The molecular formula is C30H39Cl2N3ORuS. The van der Waals surface area contributed by atoms with Crippen LogP contribution in [0, 0.1) is 27.4 Å². The van der Waals surface area contributed by atoms with Crippen molar-refractivity contribution in [2.45, 2.75) is 47.3 Å². The minimum atomic E-state index is -1.82. The first-order chi connectivity index (χ1) is 18.2. The van der Waals surface area contributed by atoms with Crippen LogP contribution in [0.2, 0.25) is 0 Å². The summed E-state index contributed by atoms with van der Waals surface area (Å²) in [5.74, 6) is 0.987. The molecule has 3 aromatic rings. The molecule has 2 N–H and O–H groups in total. The zero-order valence-electron chi connectivity index (χ0n) is 23.0. The van der Waals surface area contributed by atoms with Gasteiger partial charge in [-0.05, 0) is 44.7 Å². The molecule has 0 unspecified atom stereocenters. The Labute approximate surface area is 246 Å². The van der Waals surface area contributed by atoms with Crippen molar-refractivity contribution in [3.05, 3.63) is 95.1 Å². The number of nitrogens with zero attached hydrogens (tertiary/aromatic N) is 2. The van der Waals surface area contributed by atoms with Crippen molar-refractivity contribution in [2.75, 3.05) is 29.6 Å². The summed E-state index contributed by atoms with van der Waals surface area (Å²) in [5.41, 5.74) is 8.80. The van der Waals surface area contributed by atoms with Gasteiger partial charge in [0.25, 0.3) is 0 Å². The van der Waals surface area contributed by atoms with Crippen molar-refractivity contribution in [3.8, 4) is 5.75 Å². The zero-order valence-corrected chi connectivity index (χ0v) is 27.1. The molecule has 0 amide bonds. The van der Waals surface area contributed by atoms with Gasteiger partial charge in [0, 0.05) is 12.2 Å². The van der Waals surface area contributed by atoms with Crippen LogP contribution in [0.3, 0.4) is 0 Å². The number of aliphatic hydroxyl groups is 1. The number of ether oxygens (including phenoxy) is 1. The van der Waals surface area contributed by atoms with E-state index in [4.69, 9.17) is 19.4 Å². The fourth-order valence-electron chi connectivity index (χ4n) is 4.49. The molecule has 1 aliphatic rings. The topological polar surface area (TPSA) is 31.3 Å². The number of aryl methyl sites for hydroxylation is 3. The van der Waals surface area contributed by atoms with Gasteiger partial charge in [-0.15, -0.1) is 11.9 Å². The largest absolute Gasteiger partial charge is 0.506 e. The number of halogens is 2. The normalized spacial score (nSPS) is 13.7. The monoisotopic (exact) mass is 661 g/mol. The summed E-state index contributed by atoms with van der Waals surface area (Å²) >= 11 is -0.0392. The van der Waals surface area contributed by atoms with Crippen molar-refractivity contribution in [3.63, 3.8) is 0 Å². The quantitative estimate of drug-likeness (QED) is 0.0869. The van der Waals surface area contributed by atoms with E-state index in [1.807, 2.05) is 41.0 Å². The minimum Gasteiger partial charge on any atom is -0.506 e. The maximum absolute atomic E-state index is 6.00. The molecule has 8 heteroatoms. The third-order valence-corrected chi connectivity index (χ3v) is 8.58. The summed E-state index contributed by atoms with van der Waals surface area (Å²) < 4.78 is 8.89. The van der Waals surface area contributed by atoms with Gasteiger partial charge >= 0.3 is 145 Å². The van der Waals surface area contributed by atoms with E-state index >= 15 is 0 Å². The Morgan fingerprint density at radius 2 is 1.68 bits per heavy atom. The Kier molecular flexibility index (Phi) is 12.5. The van der Waals surface area contributed by atoms with Gasteiger partial charge in [-0.3, -0.25) is 0 Å². The Bertz CT molecular complexity index is 1210. The number of aromatic hydroxyl groups is 1. The average Bonchev–Trinajstić information content (AvgIpc) is 3.32. The van der Waals surface area contributed by atoms with E-state index in [-0.39, 0.29) is 6.10 Å². The van der Waals surface area contributed by atoms with Crippen molar-refractivity contribution < 1.29 is 18.3 Å². The minimum absolute atomic E-state index is 0.267. The van der Waals surface area contributed by atoms with Gasteiger partial charge in [-0.1, -0.05) is 17.7 Å². The first-order valence-corrected chi connectivity index (χ1v) is 19.3. The molecule has 1 aliphatic heterocycles. The standard InChI is InChI=1S/C17H19NO.C13H19N2S.2ClH.Ru/c1-13(2)19-17-11-7-6-10-16(17)18-12-15-9-5-4-8-14(15)3;1-10-7-11(2)13(12(3)8-10)14-5-6-15(9-14)16-4;;;/h3-11,13,18H,12H2,1-2H3;7-9H,5-6H2,1-4H3;2*1H;/q;-1;;;+2/p-1. The summed E-state index contributed by atoms with van der Waals surface area (Å²) in [4.78, 5) is 2.36. The fraction of sp³-hybridized carbons (Fsp3) is 0.333. The maximum Gasteiger partial charge on any atom is 0.0142 e. The van der Waals surface area contributed by atoms with E-state index in [9.17, 15) is 0 Å². The molecule has 1 fully saturated rings. The molecule has 0 bridgehead atoms. The summed E-state index contributed by atoms with van der Waals surface area (Å²) in [6.45, 7) is 15.8. The van der Waals surface area contributed by atoms with Crippen LogP contribution in [0.5, 0.6) is 5.75 Å². The number of rotatable bonds is 8. The average molecular weight is 662 g/mol. The zero-order chi connectivity index (χ0) is 27.7. The Hall–Kier alpha value is -1.56. The van der Waals surface area contributed by atoms with Crippen LogP contribution in [0.4, 0.5) is 11.4 Å². The number of benzene rings is 3. The van der Waals surface area contributed by atoms with Gasteiger partial charge in [0.1, 0.15) is 0 Å². The number of nitrogens with one attached hydrogen (secondary N) is 1. The van der Waals surface area contributed by atoms with Crippen molar-refractivity contribution in [2.24, 2.45) is 0 Å². The number of para-hydroxylation sites is 2. The molecule has 3 aromatic carbocycles. The maximum atomic E-state index is 6.00. The molecule has 38 heavy (non-hydrogen) atoms. The number of hydrogen-bond donors (Lipinski definition) is 1. The number of anilines is 2. The second kappa shape index (κ2) is 15.3. The van der Waals surface area contributed by atoms with Gasteiger partial charge < -0.3 is 9.21 Å². The van der Waals surface area contributed by atoms with Crippen molar-refractivity contribution in [1.29, 1.82) is 0 Å². The van der Waals surface area contributed by atoms with Crippen LogP contribution >= 0.6 is 31.3 Å². The van der Waals surface area contributed by atoms with E-state index < -0.39 is 13.5 Å². The molecule has 1 saturated heterocycles. The van der Waals surface area contributed by atoms with E-state index in [1.54, 1.807) is 11.9 Å². The van der Waals surface area contributed by atoms with E-state index in [0.29, 0.717) is 6.54 Å². The molecule has 0 saturated carbocycles. The fourth-order valence-corrected chi connectivity index (χ4v) is 6.85. The van der Waals surface area contributed by atoms with Gasteiger partial charge in [-0.2, -0.15) is 6.67 Å². The van der Waals surface area contributed by atoms with Crippen LogP contribution in [0.15, 0.2) is 60.7 Å². The second-order valence-electron chi connectivity index (χ2n) is 9.48. The van der Waals surface area contributed by atoms with E-state index in [1.165, 1.54) is 27.9 Å². The van der Waals surface area contributed by atoms with Crippen molar-refractivity contribution >= 4 is 47.3 Å². The van der Waals surface area contributed by atoms with Crippen LogP contribution in [0.25, 0.3) is 0 Å². The third-order valence-electron chi connectivity index (χ3n) is 6.00. The molecule has 0 spiro atoms. The summed E-state index contributed by atoms with van der Waals surface area (Å²) in [7, 11) is 12.0. The first-order valence-electron chi connectivity index (χ1n) is 12.6. The smallest absolute Gasteiger partial charge is 0.0142 e. The Balaban J connectivity index is 0.000000221. The van der Waals surface area contributed by atoms with Crippen LogP contribution in [0.1, 0.15) is 41.7 Å². The molecular weight excluding hydrogens is 622 g/mol. The third kappa shape index (κ3) is 9.28. The van der Waals surface area contributed by atoms with E-state index in [2.05, 4.69) is 91.1 Å². The van der Waals surface area contributed by atoms with Crippen LogP contribution in [-0.4, -0.2) is 39.1 Å². The SMILES string of the molecule is CC(C)[OH+]c1ccccc1NCc1ccccc1[CH]=[Ru]([Cl])[Cl].CSN1[CH-]N(c2c(C)cc(C)cc2C)CC1. The summed E-state index contributed by atoms with van der Waals surface area (Å²) in [6, 6.07) is 20.8. The summed E-state index contributed by atoms with van der Waals surface area (Å²) in [5, 5.41) is 3.46. The van der Waals surface area contributed by atoms with Crippen LogP contribution in [-0.2, 0) is 20.1 Å². The molecule has 4 nitrogen and oxygen atoms in total. The van der Waals surface area contributed by atoms with Crippen molar-refractivity contribution in [1.82, 2.24) is 4.31 Å². The van der Waals surface area contributed by atoms with Crippen LogP contribution < -0.4 is 10.2 Å². The van der Waals surface area contributed by atoms with Gasteiger partial charge in [-0.25, -0.2) is 0 Å². The Morgan fingerprint density at radius 1 is 1.03 bits per heavy atom.